The fraction of sp³-hybridized carbons (Fsp3) is 0.350. The number of carbonyl (C=O) groups excluding carboxylic acids is 1. The van der Waals surface area contributed by atoms with Crippen molar-refractivity contribution in [1.29, 1.82) is 0 Å². The molecule has 0 spiro atoms. The number of piperazine rings is 1. The van der Waals surface area contributed by atoms with Gasteiger partial charge in [0.1, 0.15) is 10.6 Å². The topological polar surface area (TPSA) is 85.4 Å². The summed E-state index contributed by atoms with van der Waals surface area (Å²) in [6, 6.07) is 9.81. The lowest BCUT2D eigenvalue weighted by molar-refractivity contribution is 0.0697. The van der Waals surface area contributed by atoms with Gasteiger partial charge in [0, 0.05) is 36.2 Å². The van der Waals surface area contributed by atoms with Crippen molar-refractivity contribution in [3.63, 3.8) is 0 Å². The molecule has 0 aliphatic carbocycles. The van der Waals surface area contributed by atoms with Crippen LogP contribution in [0.5, 0.6) is 17.2 Å². The third-order valence-corrected chi connectivity index (χ3v) is 7.31. The zero-order chi connectivity index (χ0) is 21.9. The smallest absolute Gasteiger partial charge is 0.254 e. The fourth-order valence-corrected chi connectivity index (χ4v) is 5.39. The molecule has 30 heavy (non-hydrogen) atoms. The quantitative estimate of drug-likeness (QED) is 0.608. The number of amides is 1. The van der Waals surface area contributed by atoms with Crippen molar-refractivity contribution >= 4 is 31.9 Å². The first-order chi connectivity index (χ1) is 14.3. The molecule has 8 nitrogen and oxygen atoms in total. The number of ether oxygens (including phenoxy) is 3. The maximum absolute atomic E-state index is 13.1. The van der Waals surface area contributed by atoms with Crippen molar-refractivity contribution in [3.8, 4) is 17.2 Å². The highest BCUT2D eigenvalue weighted by Gasteiger charge is 2.32. The van der Waals surface area contributed by atoms with E-state index in [2.05, 4.69) is 15.9 Å². The van der Waals surface area contributed by atoms with Crippen LogP contribution in [0.3, 0.4) is 0 Å². The summed E-state index contributed by atoms with van der Waals surface area (Å²) in [5.74, 6) is 1.09. The number of hydrogen-bond acceptors (Lipinski definition) is 6. The van der Waals surface area contributed by atoms with Gasteiger partial charge in [0.25, 0.3) is 5.91 Å². The van der Waals surface area contributed by atoms with E-state index in [1.807, 2.05) is 0 Å². The zero-order valence-corrected chi connectivity index (χ0v) is 19.3. The normalized spacial score (nSPS) is 15.0. The summed E-state index contributed by atoms with van der Waals surface area (Å²) in [5.41, 5.74) is 0.456. The first-order valence-electron chi connectivity index (χ1n) is 9.16. The summed E-state index contributed by atoms with van der Waals surface area (Å²) < 4.78 is 43.9. The van der Waals surface area contributed by atoms with E-state index in [4.69, 9.17) is 14.2 Å². The van der Waals surface area contributed by atoms with E-state index in [1.54, 1.807) is 35.2 Å². The molecule has 2 aromatic carbocycles. The minimum Gasteiger partial charge on any atom is -0.495 e. The van der Waals surface area contributed by atoms with E-state index in [1.165, 1.54) is 31.7 Å². The van der Waals surface area contributed by atoms with Gasteiger partial charge in [-0.2, -0.15) is 4.31 Å². The van der Waals surface area contributed by atoms with Crippen LogP contribution in [0.1, 0.15) is 10.4 Å². The van der Waals surface area contributed by atoms with E-state index < -0.39 is 10.0 Å². The lowest BCUT2D eigenvalue weighted by Crippen LogP contribution is -2.50. The third-order valence-electron chi connectivity index (χ3n) is 4.90. The van der Waals surface area contributed by atoms with Crippen molar-refractivity contribution in [3.05, 3.63) is 46.4 Å². The van der Waals surface area contributed by atoms with Gasteiger partial charge in [0.15, 0.2) is 11.5 Å². The monoisotopic (exact) mass is 498 g/mol. The highest BCUT2D eigenvalue weighted by atomic mass is 79.9. The van der Waals surface area contributed by atoms with Gasteiger partial charge >= 0.3 is 0 Å². The number of nitrogens with zero attached hydrogens (tertiary/aromatic N) is 2. The predicted octanol–water partition coefficient (Wildman–Crippen LogP) is 2.62. The van der Waals surface area contributed by atoms with Gasteiger partial charge in [-0.05, 0) is 36.4 Å². The second kappa shape index (κ2) is 9.23. The van der Waals surface area contributed by atoms with Crippen LogP contribution < -0.4 is 14.2 Å². The average Bonchev–Trinajstić information content (AvgIpc) is 2.78. The Labute approximate surface area is 184 Å². The number of rotatable bonds is 6. The molecular weight excluding hydrogens is 476 g/mol. The molecule has 0 atom stereocenters. The van der Waals surface area contributed by atoms with E-state index in [0.717, 1.165) is 0 Å². The number of halogens is 1. The molecule has 1 fully saturated rings. The highest BCUT2D eigenvalue weighted by molar-refractivity contribution is 9.10. The van der Waals surface area contributed by atoms with E-state index >= 15 is 0 Å². The summed E-state index contributed by atoms with van der Waals surface area (Å²) in [7, 11) is 0.709. The van der Waals surface area contributed by atoms with Gasteiger partial charge < -0.3 is 19.1 Å². The summed E-state index contributed by atoms with van der Waals surface area (Å²) >= 11 is 3.31. The Morgan fingerprint density at radius 1 is 0.867 bits per heavy atom. The molecule has 0 bridgehead atoms. The minimum absolute atomic E-state index is 0.0963. The second-order valence-corrected chi connectivity index (χ2v) is 9.38. The summed E-state index contributed by atoms with van der Waals surface area (Å²) in [5, 5.41) is 0. The van der Waals surface area contributed by atoms with Crippen molar-refractivity contribution in [1.82, 2.24) is 9.21 Å². The van der Waals surface area contributed by atoms with Gasteiger partial charge in [-0.15, -0.1) is 0 Å². The van der Waals surface area contributed by atoms with Crippen LogP contribution in [0, 0.1) is 0 Å². The molecule has 1 aliphatic heterocycles. The first kappa shape index (κ1) is 22.4. The van der Waals surface area contributed by atoms with Gasteiger partial charge in [0.2, 0.25) is 10.0 Å². The molecule has 0 radical (unpaired) electrons. The molecule has 0 aromatic heterocycles. The average molecular weight is 499 g/mol. The van der Waals surface area contributed by atoms with Crippen molar-refractivity contribution in [2.75, 3.05) is 47.5 Å². The molecule has 0 saturated carbocycles. The van der Waals surface area contributed by atoms with Crippen LogP contribution in [0.2, 0.25) is 0 Å². The second-order valence-electron chi connectivity index (χ2n) is 6.56. The maximum atomic E-state index is 13.1. The van der Waals surface area contributed by atoms with Gasteiger partial charge in [-0.1, -0.05) is 15.9 Å². The molecule has 10 heteroatoms. The van der Waals surface area contributed by atoms with Crippen LogP contribution in [-0.2, 0) is 10.0 Å². The lowest BCUT2D eigenvalue weighted by Gasteiger charge is -2.34. The van der Waals surface area contributed by atoms with Crippen molar-refractivity contribution in [2.45, 2.75) is 4.90 Å². The molecule has 0 N–H and O–H groups in total. The first-order valence-corrected chi connectivity index (χ1v) is 11.4. The molecule has 1 heterocycles. The molecule has 162 valence electrons. The van der Waals surface area contributed by atoms with Crippen LogP contribution in [0.4, 0.5) is 0 Å². The number of sulfonamides is 1. The Morgan fingerprint density at radius 3 is 2.07 bits per heavy atom. The van der Waals surface area contributed by atoms with Gasteiger partial charge in [0.05, 0.1) is 21.3 Å². The number of carbonyl (C=O) groups is 1. The lowest BCUT2D eigenvalue weighted by atomic mass is 10.1. The SMILES string of the molecule is COc1ccc(C(=O)N2CCN(S(=O)(=O)c3cc(Br)ccc3OC)CC2)cc1OC. The molecule has 1 saturated heterocycles. The summed E-state index contributed by atoms with van der Waals surface area (Å²) in [4.78, 5) is 14.6. The zero-order valence-electron chi connectivity index (χ0n) is 16.9. The van der Waals surface area contributed by atoms with E-state index in [-0.39, 0.29) is 42.7 Å². The van der Waals surface area contributed by atoms with E-state index in [0.29, 0.717) is 21.5 Å². The molecule has 1 aliphatic rings. The van der Waals surface area contributed by atoms with Crippen molar-refractivity contribution < 1.29 is 27.4 Å². The molecule has 3 rings (SSSR count). The Bertz CT molecular complexity index is 1040. The Balaban J connectivity index is 1.74. The largest absolute Gasteiger partial charge is 0.495 e. The predicted molar refractivity (Wildman–Crippen MR) is 115 cm³/mol. The molecule has 0 unspecified atom stereocenters. The number of methoxy groups -OCH3 is 3. The van der Waals surface area contributed by atoms with Gasteiger partial charge in [-0.3, -0.25) is 4.79 Å². The Hall–Kier alpha value is -2.30. The highest BCUT2D eigenvalue weighted by Crippen LogP contribution is 2.31. The summed E-state index contributed by atoms with van der Waals surface area (Å²) in [6.45, 7) is 0.944. The minimum atomic E-state index is -3.76. The maximum Gasteiger partial charge on any atom is 0.254 e. The Kier molecular flexibility index (Phi) is 6.89. The Morgan fingerprint density at radius 2 is 1.47 bits per heavy atom. The van der Waals surface area contributed by atoms with Crippen LogP contribution in [0.25, 0.3) is 0 Å². The standard InChI is InChI=1S/C20H23BrN2O6S/c1-27-16-6-4-14(12-18(16)29-3)20(24)22-8-10-23(11-9-22)30(25,26)19-13-15(21)5-7-17(19)28-2/h4-7,12-13H,8-11H2,1-3H3. The molecule has 2 aromatic rings. The van der Waals surface area contributed by atoms with Crippen LogP contribution in [-0.4, -0.2) is 71.0 Å². The van der Waals surface area contributed by atoms with Crippen molar-refractivity contribution in [2.24, 2.45) is 0 Å². The summed E-state index contributed by atoms with van der Waals surface area (Å²) in [6.07, 6.45) is 0. The van der Waals surface area contributed by atoms with Crippen LogP contribution >= 0.6 is 15.9 Å². The number of benzene rings is 2. The fourth-order valence-electron chi connectivity index (χ4n) is 3.27. The number of hydrogen-bond donors (Lipinski definition) is 0. The molecule has 1 amide bonds. The molecular formula is C20H23BrN2O6S. The van der Waals surface area contributed by atoms with Crippen LogP contribution in [0.15, 0.2) is 45.8 Å². The van der Waals surface area contributed by atoms with Gasteiger partial charge in [-0.25, -0.2) is 8.42 Å². The third kappa shape index (κ3) is 4.40. The van der Waals surface area contributed by atoms with E-state index in [9.17, 15) is 13.2 Å².